The molecule has 0 aromatic rings. The minimum atomic E-state index is -1.58. The fourth-order valence-corrected chi connectivity index (χ4v) is 8.37. The molecule has 1 heterocycles. The van der Waals surface area contributed by atoms with Crippen LogP contribution in [0, 0.1) is 0 Å². The van der Waals surface area contributed by atoms with E-state index in [1.54, 1.807) is 6.08 Å². The first-order valence-electron chi connectivity index (χ1n) is 27.9. The Balaban J connectivity index is 2.07. The fraction of sp³-hybridized carbons (Fsp3) is 0.825. The summed E-state index contributed by atoms with van der Waals surface area (Å²) in [5.41, 5.74) is 0. The molecule has 7 unspecified atom stereocenters. The summed E-state index contributed by atoms with van der Waals surface area (Å²) in [7, 11) is 0. The van der Waals surface area contributed by atoms with E-state index in [1.807, 2.05) is 6.08 Å². The van der Waals surface area contributed by atoms with Crippen molar-refractivity contribution in [1.29, 1.82) is 0 Å². The Hall–Kier alpha value is -2.38. The molecule has 1 saturated heterocycles. The van der Waals surface area contributed by atoms with Gasteiger partial charge in [-0.25, -0.2) is 0 Å². The SMILES string of the molecule is CCCC/C=C\CCCCCCCC(=O)OCCCCCCCCCCC/C=C\CCCCCCCCCC(=O)NC(COC1OC(CO)C(O)C(O)C1O)C(O)/C=C/CC/C=C/CCCCC. The summed E-state index contributed by atoms with van der Waals surface area (Å²) in [6.45, 7) is 4.21. The van der Waals surface area contributed by atoms with Crippen LogP contribution in [-0.4, -0.2) is 100 Å². The van der Waals surface area contributed by atoms with Gasteiger partial charge in [-0.1, -0.05) is 184 Å². The number of nitrogens with one attached hydrogen (secondary N) is 1. The lowest BCUT2D eigenvalue weighted by molar-refractivity contribution is -0.302. The van der Waals surface area contributed by atoms with E-state index >= 15 is 0 Å². The molecule has 7 atom stereocenters. The Morgan fingerprint density at radius 3 is 1.50 bits per heavy atom. The molecule has 1 aliphatic rings. The normalized spacial score (nSPS) is 19.8. The number of carbonyl (C=O) groups is 2. The van der Waals surface area contributed by atoms with Crippen molar-refractivity contribution < 1.29 is 49.3 Å². The number of aliphatic hydroxyl groups excluding tert-OH is 5. The van der Waals surface area contributed by atoms with Crippen molar-refractivity contribution in [2.24, 2.45) is 0 Å². The van der Waals surface area contributed by atoms with Crippen molar-refractivity contribution in [1.82, 2.24) is 5.32 Å². The highest BCUT2D eigenvalue weighted by atomic mass is 16.7. The van der Waals surface area contributed by atoms with Gasteiger partial charge in [-0.3, -0.25) is 9.59 Å². The van der Waals surface area contributed by atoms with Gasteiger partial charge in [-0.15, -0.1) is 0 Å². The Kier molecular flexibility index (Phi) is 44.0. The number of hydrogen-bond donors (Lipinski definition) is 6. The van der Waals surface area contributed by atoms with Crippen LogP contribution in [0.15, 0.2) is 48.6 Å². The Morgan fingerprint density at radius 1 is 0.529 bits per heavy atom. The molecule has 1 rings (SSSR count). The van der Waals surface area contributed by atoms with Crippen LogP contribution in [0.1, 0.15) is 239 Å². The smallest absolute Gasteiger partial charge is 0.305 e. The van der Waals surface area contributed by atoms with Gasteiger partial charge in [0.2, 0.25) is 5.91 Å². The topological polar surface area (TPSA) is 175 Å². The third-order valence-electron chi connectivity index (χ3n) is 12.9. The minimum absolute atomic E-state index is 0.0204. The number of carbonyl (C=O) groups excluding carboxylic acids is 2. The number of amides is 1. The Labute approximate surface area is 415 Å². The highest BCUT2D eigenvalue weighted by Gasteiger charge is 2.44. The number of aliphatic hydroxyl groups is 5. The van der Waals surface area contributed by atoms with Crippen LogP contribution in [0.25, 0.3) is 0 Å². The van der Waals surface area contributed by atoms with E-state index < -0.39 is 49.5 Å². The zero-order valence-electron chi connectivity index (χ0n) is 43.3. The highest BCUT2D eigenvalue weighted by Crippen LogP contribution is 2.23. The second kappa shape index (κ2) is 47.0. The largest absolute Gasteiger partial charge is 0.466 e. The summed E-state index contributed by atoms with van der Waals surface area (Å²) in [4.78, 5) is 25.0. The van der Waals surface area contributed by atoms with E-state index in [4.69, 9.17) is 14.2 Å². The first kappa shape index (κ1) is 63.6. The zero-order chi connectivity index (χ0) is 49.6. The number of ether oxygens (including phenoxy) is 3. The monoisotopic (exact) mass is 962 g/mol. The average molecular weight is 962 g/mol. The van der Waals surface area contributed by atoms with Gasteiger partial charge in [0.05, 0.1) is 32.0 Å². The standard InChI is InChI=1S/C57H103NO10/c1-3-5-7-9-11-13-24-29-33-37-41-45-53(62)66-46-42-38-34-30-26-23-21-19-17-15-14-16-18-20-22-25-28-32-36-40-44-52(61)58-49(50(60)43-39-35-31-27-12-10-8-6-4-2)48-67-57-56(65)55(64)54(63)51(47-59)68-57/h9,11-12,14,16,27,39,43,49-51,54-57,59-60,63-65H,3-8,10,13,15,17-26,28-38,40-42,44-48H2,1-2H3,(H,58,61)/b11-9-,16-14-,27-12+,43-39+. The molecule has 1 amide bonds. The van der Waals surface area contributed by atoms with Gasteiger partial charge in [0.15, 0.2) is 6.29 Å². The first-order chi connectivity index (χ1) is 33.2. The highest BCUT2D eigenvalue weighted by molar-refractivity contribution is 5.76. The quantitative estimate of drug-likeness (QED) is 0.0196. The van der Waals surface area contributed by atoms with Crippen LogP contribution in [-0.2, 0) is 23.8 Å². The van der Waals surface area contributed by atoms with Crippen molar-refractivity contribution in [3.63, 3.8) is 0 Å². The van der Waals surface area contributed by atoms with Crippen molar-refractivity contribution >= 4 is 11.9 Å². The predicted octanol–water partition coefficient (Wildman–Crippen LogP) is 12.1. The van der Waals surface area contributed by atoms with Gasteiger partial charge >= 0.3 is 5.97 Å². The first-order valence-corrected chi connectivity index (χ1v) is 27.9. The summed E-state index contributed by atoms with van der Waals surface area (Å²) in [5, 5.41) is 54.1. The van der Waals surface area contributed by atoms with E-state index in [0.29, 0.717) is 19.4 Å². The lowest BCUT2D eigenvalue weighted by Gasteiger charge is -2.40. The summed E-state index contributed by atoms with van der Waals surface area (Å²) >= 11 is 0. The summed E-state index contributed by atoms with van der Waals surface area (Å²) in [6, 6.07) is -0.833. The predicted molar refractivity (Wildman–Crippen MR) is 278 cm³/mol. The third-order valence-corrected chi connectivity index (χ3v) is 12.9. The molecule has 396 valence electrons. The molecule has 1 aliphatic heterocycles. The van der Waals surface area contributed by atoms with Gasteiger partial charge in [-0.2, -0.15) is 0 Å². The van der Waals surface area contributed by atoms with E-state index in [2.05, 4.69) is 55.6 Å². The maximum absolute atomic E-state index is 13.0. The van der Waals surface area contributed by atoms with Crippen LogP contribution >= 0.6 is 0 Å². The van der Waals surface area contributed by atoms with Gasteiger partial charge < -0.3 is 45.1 Å². The summed E-state index contributed by atoms with van der Waals surface area (Å²) in [5.74, 6) is -0.225. The number of esters is 1. The third kappa shape index (κ3) is 36.5. The van der Waals surface area contributed by atoms with E-state index in [9.17, 15) is 35.1 Å². The molecule has 0 bridgehead atoms. The molecule has 0 spiro atoms. The summed E-state index contributed by atoms with van der Waals surface area (Å²) in [6.07, 6.45) is 47.9. The second-order valence-electron chi connectivity index (χ2n) is 19.3. The lowest BCUT2D eigenvalue weighted by atomic mass is 9.99. The molecule has 11 nitrogen and oxygen atoms in total. The molecule has 0 saturated carbocycles. The summed E-state index contributed by atoms with van der Waals surface area (Å²) < 4.78 is 16.6. The molecule has 11 heteroatoms. The molecule has 6 N–H and O–H groups in total. The van der Waals surface area contributed by atoms with E-state index in [0.717, 1.165) is 77.0 Å². The fourth-order valence-electron chi connectivity index (χ4n) is 8.37. The molecule has 68 heavy (non-hydrogen) atoms. The molecule has 0 radical (unpaired) electrons. The van der Waals surface area contributed by atoms with Crippen molar-refractivity contribution in [2.45, 2.75) is 281 Å². The second-order valence-corrected chi connectivity index (χ2v) is 19.3. The van der Waals surface area contributed by atoms with Gasteiger partial charge in [0, 0.05) is 12.8 Å². The Morgan fingerprint density at radius 2 is 0.971 bits per heavy atom. The maximum atomic E-state index is 13.0. The van der Waals surface area contributed by atoms with Crippen LogP contribution in [0.3, 0.4) is 0 Å². The zero-order valence-corrected chi connectivity index (χ0v) is 43.3. The van der Waals surface area contributed by atoms with Gasteiger partial charge in [-0.05, 0) is 89.9 Å². The Bertz CT molecular complexity index is 1270. The lowest BCUT2D eigenvalue weighted by Crippen LogP contribution is -2.60. The molecule has 0 aromatic carbocycles. The number of rotatable bonds is 47. The maximum Gasteiger partial charge on any atom is 0.305 e. The minimum Gasteiger partial charge on any atom is -0.466 e. The van der Waals surface area contributed by atoms with Crippen LogP contribution in [0.5, 0.6) is 0 Å². The van der Waals surface area contributed by atoms with Crippen molar-refractivity contribution in [3.05, 3.63) is 48.6 Å². The van der Waals surface area contributed by atoms with Gasteiger partial charge in [0.25, 0.3) is 0 Å². The molecule has 1 fully saturated rings. The van der Waals surface area contributed by atoms with Crippen LogP contribution in [0.4, 0.5) is 0 Å². The van der Waals surface area contributed by atoms with Crippen molar-refractivity contribution in [3.8, 4) is 0 Å². The van der Waals surface area contributed by atoms with Gasteiger partial charge in [0.1, 0.15) is 24.4 Å². The molecule has 0 aliphatic carbocycles. The van der Waals surface area contributed by atoms with E-state index in [-0.39, 0.29) is 18.5 Å². The number of unbranched alkanes of at least 4 members (excludes halogenated alkanes) is 27. The number of hydrogen-bond acceptors (Lipinski definition) is 10. The van der Waals surface area contributed by atoms with Crippen LogP contribution in [0.2, 0.25) is 0 Å². The molecular formula is C57H103NO10. The van der Waals surface area contributed by atoms with E-state index in [1.165, 1.54) is 135 Å². The number of allylic oxidation sites excluding steroid dienone is 7. The molecular weight excluding hydrogens is 859 g/mol. The average Bonchev–Trinajstić information content (AvgIpc) is 3.33. The molecule has 0 aromatic heterocycles. The van der Waals surface area contributed by atoms with Crippen molar-refractivity contribution in [2.75, 3.05) is 19.8 Å². The van der Waals surface area contributed by atoms with Crippen LogP contribution < -0.4 is 5.32 Å².